The fourth-order valence-electron chi connectivity index (χ4n) is 2.53. The molecule has 17 heavy (non-hydrogen) atoms. The Labute approximate surface area is 108 Å². The molecule has 96 valence electrons. The van der Waals surface area contributed by atoms with Crippen LogP contribution in [0.25, 0.3) is 0 Å². The van der Waals surface area contributed by atoms with Gasteiger partial charge in [-0.1, -0.05) is 19.8 Å². The minimum absolute atomic E-state index is 0.734. The molecular formula is C13H23N3S. The molecule has 3 nitrogen and oxygen atoms in total. The van der Waals surface area contributed by atoms with Crippen molar-refractivity contribution in [2.24, 2.45) is 0 Å². The molecule has 0 aromatic carbocycles. The number of thiazole rings is 1. The summed E-state index contributed by atoms with van der Waals surface area (Å²) >= 11 is 1.84. The molecule has 0 unspecified atom stereocenters. The highest BCUT2D eigenvalue weighted by Crippen LogP contribution is 2.30. The summed E-state index contributed by atoms with van der Waals surface area (Å²) in [5.41, 5.74) is 0. The molecule has 0 amide bonds. The van der Waals surface area contributed by atoms with Crippen LogP contribution in [0.4, 0.5) is 5.13 Å². The predicted molar refractivity (Wildman–Crippen MR) is 74.8 cm³/mol. The van der Waals surface area contributed by atoms with Crippen molar-refractivity contribution in [2.75, 3.05) is 18.0 Å². The van der Waals surface area contributed by atoms with E-state index in [1.807, 2.05) is 17.5 Å². The number of hydrogen-bond acceptors (Lipinski definition) is 4. The quantitative estimate of drug-likeness (QED) is 0.844. The van der Waals surface area contributed by atoms with Gasteiger partial charge in [0.15, 0.2) is 5.13 Å². The van der Waals surface area contributed by atoms with E-state index in [9.17, 15) is 0 Å². The summed E-state index contributed by atoms with van der Waals surface area (Å²) in [5.74, 6) is 0. The molecule has 1 fully saturated rings. The van der Waals surface area contributed by atoms with Crippen molar-refractivity contribution in [2.45, 2.75) is 52.1 Å². The first-order chi connectivity index (χ1) is 8.35. The highest BCUT2D eigenvalue weighted by atomic mass is 32.1. The summed E-state index contributed by atoms with van der Waals surface area (Å²) in [6.07, 6.45) is 7.49. The first-order valence-electron chi connectivity index (χ1n) is 6.77. The van der Waals surface area contributed by atoms with Gasteiger partial charge in [-0.15, -0.1) is 11.3 Å². The Balaban J connectivity index is 2.00. The minimum Gasteiger partial charge on any atom is -0.345 e. The largest absolute Gasteiger partial charge is 0.345 e. The second kappa shape index (κ2) is 6.36. The van der Waals surface area contributed by atoms with E-state index in [2.05, 4.69) is 29.0 Å². The zero-order valence-electron chi connectivity index (χ0n) is 10.9. The Hall–Kier alpha value is -0.610. The molecule has 2 rings (SSSR count). The summed E-state index contributed by atoms with van der Waals surface area (Å²) < 4.78 is 0. The van der Waals surface area contributed by atoms with Crippen LogP contribution in [0.15, 0.2) is 6.20 Å². The Morgan fingerprint density at radius 2 is 2.18 bits per heavy atom. The van der Waals surface area contributed by atoms with E-state index in [1.165, 1.54) is 35.7 Å². The fraction of sp³-hybridized carbons (Fsp3) is 0.769. The van der Waals surface area contributed by atoms with Crippen LogP contribution in [0.1, 0.15) is 44.4 Å². The summed E-state index contributed by atoms with van der Waals surface area (Å²) in [6, 6.07) is 0.734. The molecule has 0 saturated heterocycles. The Morgan fingerprint density at radius 1 is 1.41 bits per heavy atom. The van der Waals surface area contributed by atoms with E-state index in [1.54, 1.807) is 0 Å². The molecule has 0 aliphatic heterocycles. The lowest BCUT2D eigenvalue weighted by molar-refractivity contribution is 0.618. The van der Waals surface area contributed by atoms with Crippen LogP contribution >= 0.6 is 11.3 Å². The number of rotatable bonds is 6. The summed E-state index contributed by atoms with van der Waals surface area (Å²) in [6.45, 7) is 7.44. The lowest BCUT2D eigenvalue weighted by Crippen LogP contribution is -2.32. The molecular weight excluding hydrogens is 230 g/mol. The van der Waals surface area contributed by atoms with Crippen LogP contribution in [0.3, 0.4) is 0 Å². The zero-order valence-corrected chi connectivity index (χ0v) is 11.7. The average molecular weight is 253 g/mol. The molecule has 0 radical (unpaired) electrons. The molecule has 0 atom stereocenters. The van der Waals surface area contributed by atoms with Crippen LogP contribution < -0.4 is 10.2 Å². The molecule has 1 heterocycles. The van der Waals surface area contributed by atoms with Crippen LogP contribution in [0.5, 0.6) is 0 Å². The third kappa shape index (κ3) is 3.19. The van der Waals surface area contributed by atoms with Crippen molar-refractivity contribution in [3.8, 4) is 0 Å². The van der Waals surface area contributed by atoms with Crippen molar-refractivity contribution < 1.29 is 0 Å². The normalized spacial score (nSPS) is 16.6. The standard InChI is InChI=1S/C13H23N3S/c1-3-14-9-12-10-15-13(17-12)16(4-2)11-7-5-6-8-11/h10-11,14H,3-9H2,1-2H3. The molecule has 1 aliphatic rings. The number of aromatic nitrogens is 1. The minimum atomic E-state index is 0.734. The predicted octanol–water partition coefficient (Wildman–Crippen LogP) is 3.02. The molecule has 1 aliphatic carbocycles. The maximum absolute atomic E-state index is 4.59. The van der Waals surface area contributed by atoms with Crippen molar-refractivity contribution in [1.82, 2.24) is 10.3 Å². The first-order valence-corrected chi connectivity index (χ1v) is 7.58. The highest BCUT2D eigenvalue weighted by Gasteiger charge is 2.23. The van der Waals surface area contributed by atoms with Gasteiger partial charge >= 0.3 is 0 Å². The molecule has 0 spiro atoms. The van der Waals surface area contributed by atoms with Crippen LogP contribution in [0, 0.1) is 0 Å². The van der Waals surface area contributed by atoms with Gasteiger partial charge in [0.25, 0.3) is 0 Å². The van der Waals surface area contributed by atoms with Crippen LogP contribution in [-0.2, 0) is 6.54 Å². The molecule has 0 bridgehead atoms. The van der Waals surface area contributed by atoms with Crippen molar-refractivity contribution in [1.29, 1.82) is 0 Å². The molecule has 1 saturated carbocycles. The molecule has 1 N–H and O–H groups in total. The van der Waals surface area contributed by atoms with Crippen molar-refractivity contribution in [3.63, 3.8) is 0 Å². The van der Waals surface area contributed by atoms with E-state index >= 15 is 0 Å². The maximum Gasteiger partial charge on any atom is 0.185 e. The Kier molecular flexibility index (Phi) is 4.80. The average Bonchev–Trinajstić information content (AvgIpc) is 2.99. The lowest BCUT2D eigenvalue weighted by atomic mass is 10.2. The second-order valence-corrected chi connectivity index (χ2v) is 5.71. The SMILES string of the molecule is CCNCc1cnc(N(CC)C2CCCC2)s1. The molecule has 4 heteroatoms. The zero-order chi connectivity index (χ0) is 12.1. The second-order valence-electron chi connectivity index (χ2n) is 4.61. The van der Waals surface area contributed by atoms with E-state index in [-0.39, 0.29) is 0 Å². The van der Waals surface area contributed by atoms with Gasteiger partial charge in [-0.2, -0.15) is 0 Å². The first kappa shape index (κ1) is 12.8. The fourth-order valence-corrected chi connectivity index (χ4v) is 3.54. The number of anilines is 1. The molecule has 1 aromatic rings. The lowest BCUT2D eigenvalue weighted by Gasteiger charge is -2.26. The van der Waals surface area contributed by atoms with Crippen molar-refractivity contribution >= 4 is 16.5 Å². The van der Waals surface area contributed by atoms with Gasteiger partial charge in [0, 0.05) is 30.2 Å². The van der Waals surface area contributed by atoms with Gasteiger partial charge in [0.1, 0.15) is 0 Å². The Bertz CT molecular complexity index is 331. The number of nitrogens with zero attached hydrogens (tertiary/aromatic N) is 2. The smallest absolute Gasteiger partial charge is 0.185 e. The van der Waals surface area contributed by atoms with Gasteiger partial charge in [-0.05, 0) is 26.3 Å². The highest BCUT2D eigenvalue weighted by molar-refractivity contribution is 7.15. The topological polar surface area (TPSA) is 28.2 Å². The van der Waals surface area contributed by atoms with E-state index in [4.69, 9.17) is 0 Å². The monoisotopic (exact) mass is 253 g/mol. The van der Waals surface area contributed by atoms with Crippen LogP contribution in [0.2, 0.25) is 0 Å². The third-order valence-corrected chi connectivity index (χ3v) is 4.48. The van der Waals surface area contributed by atoms with Gasteiger partial charge < -0.3 is 10.2 Å². The third-order valence-electron chi connectivity index (χ3n) is 3.44. The number of nitrogens with one attached hydrogen (secondary N) is 1. The van der Waals surface area contributed by atoms with E-state index < -0.39 is 0 Å². The van der Waals surface area contributed by atoms with E-state index in [0.29, 0.717) is 0 Å². The summed E-state index contributed by atoms with van der Waals surface area (Å²) in [4.78, 5) is 8.43. The van der Waals surface area contributed by atoms with Crippen molar-refractivity contribution in [3.05, 3.63) is 11.1 Å². The Morgan fingerprint density at radius 3 is 2.82 bits per heavy atom. The number of hydrogen-bond donors (Lipinski definition) is 1. The molecule has 1 aromatic heterocycles. The van der Waals surface area contributed by atoms with Gasteiger partial charge in [-0.3, -0.25) is 0 Å². The van der Waals surface area contributed by atoms with Gasteiger partial charge in [-0.25, -0.2) is 4.98 Å². The summed E-state index contributed by atoms with van der Waals surface area (Å²) in [5, 5.41) is 4.57. The summed E-state index contributed by atoms with van der Waals surface area (Å²) in [7, 11) is 0. The van der Waals surface area contributed by atoms with E-state index in [0.717, 1.165) is 25.7 Å². The van der Waals surface area contributed by atoms with Gasteiger partial charge in [0.2, 0.25) is 0 Å². The maximum atomic E-state index is 4.59. The van der Waals surface area contributed by atoms with Crippen LogP contribution in [-0.4, -0.2) is 24.1 Å². The van der Waals surface area contributed by atoms with Gasteiger partial charge in [0.05, 0.1) is 0 Å².